The summed E-state index contributed by atoms with van der Waals surface area (Å²) in [4.78, 5) is 4.31. The number of benzene rings is 2. The molecule has 0 bridgehead atoms. The topological polar surface area (TPSA) is 80.1 Å². The Labute approximate surface area is 193 Å². The molecule has 170 valence electrons. The second-order valence-corrected chi connectivity index (χ2v) is 10.5. The third-order valence-electron chi connectivity index (χ3n) is 6.01. The van der Waals surface area contributed by atoms with E-state index >= 15 is 0 Å². The van der Waals surface area contributed by atoms with Crippen LogP contribution in [0.15, 0.2) is 59.8 Å². The van der Waals surface area contributed by atoms with E-state index in [9.17, 15) is 18.1 Å². The lowest BCUT2D eigenvalue weighted by molar-refractivity contribution is 0.209. The molecule has 1 aromatic heterocycles. The summed E-state index contributed by atoms with van der Waals surface area (Å²) in [6, 6.07) is 12.8. The Bertz CT molecular complexity index is 1290. The number of aromatic nitrogens is 1. The van der Waals surface area contributed by atoms with E-state index in [1.54, 1.807) is 36.5 Å². The molecule has 0 amide bonds. The van der Waals surface area contributed by atoms with Crippen LogP contribution >= 0.6 is 0 Å². The van der Waals surface area contributed by atoms with Crippen molar-refractivity contribution in [2.24, 2.45) is 5.92 Å². The van der Waals surface area contributed by atoms with E-state index in [1.807, 2.05) is 0 Å². The monoisotopic (exact) mass is 464 g/mol. The number of halogens is 1. The van der Waals surface area contributed by atoms with Crippen molar-refractivity contribution < 1.29 is 17.5 Å². The van der Waals surface area contributed by atoms with E-state index in [2.05, 4.69) is 11.1 Å². The van der Waals surface area contributed by atoms with E-state index in [1.165, 1.54) is 37.6 Å². The zero-order valence-electron chi connectivity index (χ0n) is 18.4. The van der Waals surface area contributed by atoms with E-state index in [-0.39, 0.29) is 10.7 Å². The van der Waals surface area contributed by atoms with Gasteiger partial charge in [0.25, 0.3) is 0 Å². The molecule has 1 heterocycles. The molecule has 1 aliphatic rings. The number of hydrogen-bond acceptors (Lipinski definition) is 5. The molecule has 0 saturated heterocycles. The van der Waals surface area contributed by atoms with Crippen molar-refractivity contribution >= 4 is 9.84 Å². The molecule has 0 N–H and O–H groups in total. The lowest BCUT2D eigenvalue weighted by atomic mass is 9.90. The number of ether oxygens (including phenoxy) is 1. The van der Waals surface area contributed by atoms with Crippen LogP contribution < -0.4 is 4.74 Å². The van der Waals surface area contributed by atoms with Gasteiger partial charge in [0.15, 0.2) is 9.84 Å². The van der Waals surface area contributed by atoms with Crippen molar-refractivity contribution in [3.8, 4) is 34.1 Å². The molecule has 33 heavy (non-hydrogen) atoms. The second-order valence-electron chi connectivity index (χ2n) is 8.51. The third-order valence-corrected chi connectivity index (χ3v) is 7.11. The van der Waals surface area contributed by atoms with Crippen LogP contribution in [0.2, 0.25) is 0 Å². The number of pyridine rings is 1. The molecular formula is C26H25FN2O3S. The standard InChI is InChI=1S/C26H25FN2O3S/c1-33(30,31)23-12-24(20-7-9-22(27)10-8-20)26(21-11-19(14-28)15-29-16-21)25(13-23)32-17-18-5-3-2-4-6-18/h7-13,15-16,18H,2-6,17H2,1H3. The molecule has 0 aliphatic heterocycles. The molecule has 5 nitrogen and oxygen atoms in total. The number of nitriles is 1. The van der Waals surface area contributed by atoms with Crippen molar-refractivity contribution in [3.63, 3.8) is 0 Å². The molecular weight excluding hydrogens is 439 g/mol. The van der Waals surface area contributed by atoms with Crippen LogP contribution in [0.5, 0.6) is 5.75 Å². The van der Waals surface area contributed by atoms with Gasteiger partial charge in [0.2, 0.25) is 0 Å². The molecule has 1 aliphatic carbocycles. The summed E-state index contributed by atoms with van der Waals surface area (Å²) in [6.07, 6.45) is 9.96. The highest BCUT2D eigenvalue weighted by molar-refractivity contribution is 7.90. The third kappa shape index (κ3) is 5.40. The van der Waals surface area contributed by atoms with Crippen molar-refractivity contribution in [2.45, 2.75) is 37.0 Å². The molecule has 3 aromatic rings. The first kappa shape index (κ1) is 22.9. The molecule has 7 heteroatoms. The predicted octanol–water partition coefficient (Wildman–Crippen LogP) is 5.79. The predicted molar refractivity (Wildman–Crippen MR) is 125 cm³/mol. The Kier molecular flexibility index (Phi) is 6.75. The first-order valence-electron chi connectivity index (χ1n) is 11.0. The quantitative estimate of drug-likeness (QED) is 0.461. The minimum atomic E-state index is -3.54. The van der Waals surface area contributed by atoms with E-state index in [0.717, 1.165) is 19.1 Å². The van der Waals surface area contributed by atoms with Gasteiger partial charge in [0.1, 0.15) is 17.6 Å². The van der Waals surface area contributed by atoms with Gasteiger partial charge in [-0.25, -0.2) is 12.8 Å². The molecule has 0 radical (unpaired) electrons. The van der Waals surface area contributed by atoms with Crippen LogP contribution in [0, 0.1) is 23.1 Å². The Morgan fingerprint density at radius 3 is 2.45 bits per heavy atom. The fraction of sp³-hybridized carbons (Fsp3) is 0.308. The molecule has 1 fully saturated rings. The maximum atomic E-state index is 13.6. The summed E-state index contributed by atoms with van der Waals surface area (Å²) in [7, 11) is -3.54. The highest BCUT2D eigenvalue weighted by atomic mass is 32.2. The van der Waals surface area contributed by atoms with Gasteiger partial charge in [-0.2, -0.15) is 5.26 Å². The van der Waals surface area contributed by atoms with Crippen LogP contribution in [0.25, 0.3) is 22.3 Å². The van der Waals surface area contributed by atoms with Gasteiger partial charge in [0.05, 0.1) is 17.1 Å². The Morgan fingerprint density at radius 1 is 1.06 bits per heavy atom. The Balaban J connectivity index is 1.91. The van der Waals surface area contributed by atoms with Gasteiger partial charge in [-0.3, -0.25) is 4.98 Å². The lowest BCUT2D eigenvalue weighted by Gasteiger charge is -2.24. The number of rotatable bonds is 6. The SMILES string of the molecule is CS(=O)(=O)c1cc(OCC2CCCCC2)c(-c2cncc(C#N)c2)c(-c2ccc(F)cc2)c1. The number of nitrogens with zero attached hydrogens (tertiary/aromatic N) is 2. The lowest BCUT2D eigenvalue weighted by Crippen LogP contribution is -2.16. The molecule has 0 atom stereocenters. The normalized spacial score (nSPS) is 14.6. The van der Waals surface area contributed by atoms with Gasteiger partial charge in [-0.15, -0.1) is 0 Å². The molecule has 0 spiro atoms. The highest BCUT2D eigenvalue weighted by Crippen LogP contribution is 2.42. The minimum absolute atomic E-state index is 0.119. The fourth-order valence-corrected chi connectivity index (χ4v) is 4.93. The first-order valence-corrected chi connectivity index (χ1v) is 12.9. The smallest absolute Gasteiger partial charge is 0.175 e. The average molecular weight is 465 g/mol. The number of sulfone groups is 1. The Morgan fingerprint density at radius 2 is 1.79 bits per heavy atom. The van der Waals surface area contributed by atoms with Crippen molar-refractivity contribution in [2.75, 3.05) is 12.9 Å². The maximum absolute atomic E-state index is 13.6. The summed E-state index contributed by atoms with van der Waals surface area (Å²) >= 11 is 0. The van der Waals surface area contributed by atoms with E-state index in [4.69, 9.17) is 4.74 Å². The van der Waals surface area contributed by atoms with Crippen LogP contribution in [0.1, 0.15) is 37.7 Å². The Hall–Kier alpha value is -3.24. The molecule has 1 saturated carbocycles. The molecule has 0 unspecified atom stereocenters. The summed E-state index contributed by atoms with van der Waals surface area (Å²) < 4.78 is 44.9. The summed E-state index contributed by atoms with van der Waals surface area (Å²) in [6.45, 7) is 0.481. The van der Waals surface area contributed by atoms with Gasteiger partial charge in [0, 0.05) is 29.8 Å². The van der Waals surface area contributed by atoms with Crippen LogP contribution in [-0.2, 0) is 9.84 Å². The van der Waals surface area contributed by atoms with Gasteiger partial charge < -0.3 is 4.74 Å². The number of hydrogen-bond donors (Lipinski definition) is 0. The van der Waals surface area contributed by atoms with Gasteiger partial charge in [-0.05, 0) is 60.2 Å². The van der Waals surface area contributed by atoms with Gasteiger partial charge >= 0.3 is 0 Å². The molecule has 2 aromatic carbocycles. The average Bonchev–Trinajstić information content (AvgIpc) is 2.82. The van der Waals surface area contributed by atoms with Crippen LogP contribution in [0.3, 0.4) is 0 Å². The van der Waals surface area contributed by atoms with Crippen molar-refractivity contribution in [1.29, 1.82) is 5.26 Å². The largest absolute Gasteiger partial charge is 0.493 e. The first-order chi connectivity index (χ1) is 15.8. The minimum Gasteiger partial charge on any atom is -0.493 e. The summed E-state index contributed by atoms with van der Waals surface area (Å²) in [5.74, 6) is 0.438. The molecule has 4 rings (SSSR count). The van der Waals surface area contributed by atoms with E-state index < -0.39 is 9.84 Å². The van der Waals surface area contributed by atoms with Crippen LogP contribution in [-0.4, -0.2) is 26.3 Å². The van der Waals surface area contributed by atoms with Crippen LogP contribution in [0.4, 0.5) is 4.39 Å². The summed E-state index contributed by atoms with van der Waals surface area (Å²) in [5, 5.41) is 9.38. The maximum Gasteiger partial charge on any atom is 0.175 e. The summed E-state index contributed by atoms with van der Waals surface area (Å²) in [5.41, 5.74) is 2.86. The fourth-order valence-electron chi connectivity index (χ4n) is 4.27. The highest BCUT2D eigenvalue weighted by Gasteiger charge is 2.22. The van der Waals surface area contributed by atoms with Crippen molar-refractivity contribution in [1.82, 2.24) is 4.98 Å². The van der Waals surface area contributed by atoms with Gasteiger partial charge in [-0.1, -0.05) is 31.4 Å². The van der Waals surface area contributed by atoms with Crippen molar-refractivity contribution in [3.05, 3.63) is 66.2 Å². The van der Waals surface area contributed by atoms with E-state index in [0.29, 0.717) is 46.1 Å². The second kappa shape index (κ2) is 9.72. The zero-order valence-corrected chi connectivity index (χ0v) is 19.2. The zero-order chi connectivity index (χ0) is 23.4.